The number of aromatic hydroxyl groups is 1. The van der Waals surface area contributed by atoms with Crippen molar-refractivity contribution in [3.05, 3.63) is 53.6 Å². The van der Waals surface area contributed by atoms with Crippen LogP contribution in [-0.4, -0.2) is 35.8 Å². The van der Waals surface area contributed by atoms with Crippen LogP contribution >= 0.6 is 11.8 Å². The molecule has 0 spiro atoms. The monoisotopic (exact) mass is 465 g/mol. The second-order valence-corrected chi connectivity index (χ2v) is 11.7. The number of phenols is 1. The SMILES string of the molecule is CN(C)c1cc(NC(=O)CSc2cc(C(C)(C)C)c(O)c(C(C)(C)C)c2)c2ccccc2n1. The Kier molecular flexibility index (Phi) is 6.99. The molecule has 0 saturated heterocycles. The summed E-state index contributed by atoms with van der Waals surface area (Å²) in [5, 5.41) is 14.9. The Hall–Kier alpha value is -2.73. The van der Waals surface area contributed by atoms with Gasteiger partial charge >= 0.3 is 0 Å². The number of para-hydroxylation sites is 1. The molecule has 0 aliphatic heterocycles. The number of carbonyl (C=O) groups excluding carboxylic acids is 1. The number of hydrogen-bond acceptors (Lipinski definition) is 5. The van der Waals surface area contributed by atoms with Gasteiger partial charge in [-0.1, -0.05) is 59.7 Å². The largest absolute Gasteiger partial charge is 0.507 e. The van der Waals surface area contributed by atoms with Crippen LogP contribution < -0.4 is 10.2 Å². The molecule has 0 bridgehead atoms. The van der Waals surface area contributed by atoms with Crippen molar-refractivity contribution in [3.8, 4) is 5.75 Å². The summed E-state index contributed by atoms with van der Waals surface area (Å²) in [5.74, 6) is 1.33. The van der Waals surface area contributed by atoms with Crippen molar-refractivity contribution in [1.29, 1.82) is 0 Å². The van der Waals surface area contributed by atoms with E-state index in [1.165, 1.54) is 11.8 Å². The fourth-order valence-corrected chi connectivity index (χ4v) is 4.44. The molecule has 0 atom stereocenters. The number of benzene rings is 2. The molecular formula is C27H35N3O2S. The number of thioether (sulfide) groups is 1. The average Bonchev–Trinajstić information content (AvgIpc) is 2.71. The standard InChI is InChI=1S/C27H35N3O2S/c1-26(2,3)19-13-17(14-20(25(19)32)27(4,5)6)33-16-24(31)29-22-15-23(30(7)8)28-21-12-10-9-11-18(21)22/h9-15,32H,16H2,1-8H3,(H,28,29,31). The minimum atomic E-state index is -0.207. The van der Waals surface area contributed by atoms with Crippen molar-refractivity contribution < 1.29 is 9.90 Å². The first kappa shape index (κ1) is 24.9. The van der Waals surface area contributed by atoms with Gasteiger partial charge in [0.05, 0.1) is 17.0 Å². The van der Waals surface area contributed by atoms with Gasteiger partial charge in [-0.15, -0.1) is 11.8 Å². The predicted molar refractivity (Wildman–Crippen MR) is 141 cm³/mol. The fraction of sp³-hybridized carbons (Fsp3) is 0.407. The molecule has 3 rings (SSSR count). The molecule has 2 N–H and O–H groups in total. The molecule has 0 radical (unpaired) electrons. The summed E-state index contributed by atoms with van der Waals surface area (Å²) in [6.07, 6.45) is 0. The number of fused-ring (bicyclic) bond motifs is 1. The van der Waals surface area contributed by atoms with Gasteiger partial charge in [-0.3, -0.25) is 4.79 Å². The Morgan fingerprint density at radius 2 is 1.58 bits per heavy atom. The lowest BCUT2D eigenvalue weighted by atomic mass is 9.79. The summed E-state index contributed by atoms with van der Waals surface area (Å²) >= 11 is 1.48. The van der Waals surface area contributed by atoms with Gasteiger partial charge in [0.15, 0.2) is 0 Å². The van der Waals surface area contributed by atoms with Gasteiger partial charge in [0.1, 0.15) is 11.6 Å². The van der Waals surface area contributed by atoms with Crippen LogP contribution in [0.2, 0.25) is 0 Å². The molecule has 1 amide bonds. The zero-order chi connectivity index (χ0) is 24.6. The van der Waals surface area contributed by atoms with Crippen LogP contribution in [0.1, 0.15) is 52.7 Å². The lowest BCUT2D eigenvalue weighted by molar-refractivity contribution is -0.113. The third kappa shape index (κ3) is 5.80. The van der Waals surface area contributed by atoms with Gasteiger partial charge in [-0.05, 0) is 29.0 Å². The molecule has 33 heavy (non-hydrogen) atoms. The van der Waals surface area contributed by atoms with E-state index in [0.717, 1.165) is 38.4 Å². The molecular weight excluding hydrogens is 430 g/mol. The second kappa shape index (κ2) is 9.26. The van der Waals surface area contributed by atoms with Crippen molar-refractivity contribution in [1.82, 2.24) is 4.98 Å². The number of amides is 1. The molecule has 0 aliphatic carbocycles. The maximum absolute atomic E-state index is 12.9. The zero-order valence-electron chi connectivity index (χ0n) is 20.9. The Morgan fingerprint density at radius 1 is 1.00 bits per heavy atom. The quantitative estimate of drug-likeness (QED) is 0.431. The molecule has 3 aromatic rings. The molecule has 0 unspecified atom stereocenters. The number of anilines is 2. The highest BCUT2D eigenvalue weighted by molar-refractivity contribution is 8.00. The van der Waals surface area contributed by atoms with Crippen LogP contribution in [0.15, 0.2) is 47.4 Å². The number of carbonyl (C=O) groups is 1. The second-order valence-electron chi connectivity index (χ2n) is 10.6. The highest BCUT2D eigenvalue weighted by Gasteiger charge is 2.26. The highest BCUT2D eigenvalue weighted by atomic mass is 32.2. The average molecular weight is 466 g/mol. The molecule has 1 aromatic heterocycles. The van der Waals surface area contributed by atoms with Crippen molar-refractivity contribution in [3.63, 3.8) is 0 Å². The third-order valence-electron chi connectivity index (χ3n) is 5.50. The molecule has 1 heterocycles. The predicted octanol–water partition coefficient (Wildman–Crippen LogP) is 6.33. The summed E-state index contributed by atoms with van der Waals surface area (Å²) in [7, 11) is 3.87. The first-order valence-electron chi connectivity index (χ1n) is 11.1. The van der Waals surface area contributed by atoms with Crippen molar-refractivity contribution >= 4 is 40.1 Å². The molecule has 0 saturated carbocycles. The fourth-order valence-electron chi connectivity index (χ4n) is 3.66. The molecule has 0 fully saturated rings. The number of hydrogen-bond donors (Lipinski definition) is 2. The van der Waals surface area contributed by atoms with Gasteiger partial charge in [0.25, 0.3) is 0 Å². The lowest BCUT2D eigenvalue weighted by Crippen LogP contribution is -2.18. The Labute approximate surface area is 201 Å². The van der Waals surface area contributed by atoms with E-state index in [-0.39, 0.29) is 22.5 Å². The van der Waals surface area contributed by atoms with E-state index >= 15 is 0 Å². The zero-order valence-corrected chi connectivity index (χ0v) is 21.7. The van der Waals surface area contributed by atoms with Gasteiger partial charge in [-0.2, -0.15) is 0 Å². The highest BCUT2D eigenvalue weighted by Crippen LogP contribution is 2.41. The van der Waals surface area contributed by atoms with Gasteiger partial charge < -0.3 is 15.3 Å². The van der Waals surface area contributed by atoms with E-state index in [1.54, 1.807) is 0 Å². The molecule has 0 aliphatic rings. The van der Waals surface area contributed by atoms with Crippen LogP contribution in [0.5, 0.6) is 5.75 Å². The van der Waals surface area contributed by atoms with E-state index in [0.29, 0.717) is 5.75 Å². The van der Waals surface area contributed by atoms with E-state index in [9.17, 15) is 9.90 Å². The van der Waals surface area contributed by atoms with Crippen LogP contribution in [-0.2, 0) is 15.6 Å². The van der Waals surface area contributed by atoms with E-state index in [1.807, 2.05) is 61.5 Å². The lowest BCUT2D eigenvalue weighted by Gasteiger charge is -2.28. The minimum Gasteiger partial charge on any atom is -0.507 e. The summed E-state index contributed by atoms with van der Waals surface area (Å²) in [5.41, 5.74) is 2.98. The molecule has 5 nitrogen and oxygen atoms in total. The van der Waals surface area contributed by atoms with Crippen molar-refractivity contribution in [2.75, 3.05) is 30.1 Å². The summed E-state index contributed by atoms with van der Waals surface area (Å²) < 4.78 is 0. The van der Waals surface area contributed by atoms with Crippen LogP contribution in [0.4, 0.5) is 11.5 Å². The molecule has 2 aromatic carbocycles. The number of pyridine rings is 1. The molecule has 6 heteroatoms. The first-order chi connectivity index (χ1) is 15.3. The van der Waals surface area contributed by atoms with Gasteiger partial charge in [0, 0.05) is 41.6 Å². The normalized spacial score (nSPS) is 12.1. The first-order valence-corrected chi connectivity index (χ1v) is 12.1. The Bertz CT molecular complexity index is 1140. The van der Waals surface area contributed by atoms with Crippen LogP contribution in [0.3, 0.4) is 0 Å². The third-order valence-corrected chi connectivity index (χ3v) is 6.48. The van der Waals surface area contributed by atoms with Crippen LogP contribution in [0.25, 0.3) is 10.9 Å². The van der Waals surface area contributed by atoms with E-state index < -0.39 is 0 Å². The number of nitrogens with one attached hydrogen (secondary N) is 1. The Morgan fingerprint density at radius 3 is 2.12 bits per heavy atom. The van der Waals surface area contributed by atoms with Crippen LogP contribution in [0, 0.1) is 0 Å². The maximum atomic E-state index is 12.9. The minimum absolute atomic E-state index is 0.0799. The summed E-state index contributed by atoms with van der Waals surface area (Å²) in [6.45, 7) is 12.5. The van der Waals surface area contributed by atoms with Crippen molar-refractivity contribution in [2.45, 2.75) is 57.3 Å². The molecule has 176 valence electrons. The summed E-state index contributed by atoms with van der Waals surface area (Å²) in [6, 6.07) is 13.7. The van der Waals surface area contributed by atoms with E-state index in [2.05, 4.69) is 51.8 Å². The smallest absolute Gasteiger partial charge is 0.234 e. The topological polar surface area (TPSA) is 65.5 Å². The number of rotatable bonds is 5. The number of phenolic OH excluding ortho intramolecular Hbond substituents is 1. The van der Waals surface area contributed by atoms with Crippen molar-refractivity contribution in [2.24, 2.45) is 0 Å². The number of aromatic nitrogens is 1. The van der Waals surface area contributed by atoms with Gasteiger partial charge in [0.2, 0.25) is 5.91 Å². The summed E-state index contributed by atoms with van der Waals surface area (Å²) in [4.78, 5) is 20.5. The maximum Gasteiger partial charge on any atom is 0.234 e. The number of nitrogens with zero attached hydrogens (tertiary/aromatic N) is 2. The van der Waals surface area contributed by atoms with Gasteiger partial charge in [-0.25, -0.2) is 4.98 Å². The Balaban J connectivity index is 1.86. The van der Waals surface area contributed by atoms with E-state index in [4.69, 9.17) is 0 Å².